The summed E-state index contributed by atoms with van der Waals surface area (Å²) in [6, 6.07) is 3.29. The van der Waals surface area contributed by atoms with E-state index in [9.17, 15) is 4.79 Å². The molecule has 3 heterocycles. The van der Waals surface area contributed by atoms with Gasteiger partial charge in [-0.1, -0.05) is 0 Å². The molecule has 1 amide bonds. The topological polar surface area (TPSA) is 80.2 Å². The molecule has 0 spiro atoms. The molecule has 3 rings (SSSR count). The third-order valence-corrected chi connectivity index (χ3v) is 3.49. The van der Waals surface area contributed by atoms with E-state index in [1.54, 1.807) is 24.5 Å². The highest BCUT2D eigenvalue weighted by Gasteiger charge is 2.15. The highest BCUT2D eigenvalue weighted by atomic mass is 16.5. The summed E-state index contributed by atoms with van der Waals surface area (Å²) in [4.78, 5) is 26.8. The van der Waals surface area contributed by atoms with E-state index in [1.165, 1.54) is 26.1 Å². The van der Waals surface area contributed by atoms with E-state index in [0.29, 0.717) is 23.1 Å². The molecule has 2 aromatic heterocycles. The number of nitrogens with zero attached hydrogens (tertiary/aromatic N) is 4. The van der Waals surface area contributed by atoms with Gasteiger partial charge in [-0.3, -0.25) is 4.79 Å². The molecular formula is C15H17N5O2. The van der Waals surface area contributed by atoms with Crippen molar-refractivity contribution in [2.75, 3.05) is 30.4 Å². The molecule has 114 valence electrons. The van der Waals surface area contributed by atoms with Gasteiger partial charge in [-0.15, -0.1) is 0 Å². The molecule has 0 atom stereocenters. The first-order valence-corrected chi connectivity index (χ1v) is 7.14. The Hall–Kier alpha value is -2.70. The Kier molecular flexibility index (Phi) is 4.13. The Morgan fingerprint density at radius 2 is 1.86 bits per heavy atom. The Bertz CT molecular complexity index is 636. The second-order valence-electron chi connectivity index (χ2n) is 5.01. The SMILES string of the molecule is COc1ccc(C(=O)Nc2cnc(N3CCCC3)nc2)cn1. The van der Waals surface area contributed by atoms with E-state index < -0.39 is 0 Å². The van der Waals surface area contributed by atoms with Gasteiger partial charge in [0, 0.05) is 25.4 Å². The maximum atomic E-state index is 12.1. The number of hydrogen-bond acceptors (Lipinski definition) is 6. The van der Waals surface area contributed by atoms with Gasteiger partial charge >= 0.3 is 0 Å². The Balaban J connectivity index is 1.65. The van der Waals surface area contributed by atoms with Crippen LogP contribution in [0.3, 0.4) is 0 Å². The average molecular weight is 299 g/mol. The Morgan fingerprint density at radius 3 is 2.45 bits per heavy atom. The fourth-order valence-corrected chi connectivity index (χ4v) is 2.30. The van der Waals surface area contributed by atoms with Crippen molar-refractivity contribution in [1.82, 2.24) is 15.0 Å². The van der Waals surface area contributed by atoms with Crippen molar-refractivity contribution in [3.63, 3.8) is 0 Å². The molecule has 1 N–H and O–H groups in total. The van der Waals surface area contributed by atoms with Gasteiger partial charge in [-0.25, -0.2) is 15.0 Å². The number of carbonyl (C=O) groups is 1. The highest BCUT2D eigenvalue weighted by molar-refractivity contribution is 6.03. The van der Waals surface area contributed by atoms with Crippen LogP contribution in [-0.2, 0) is 0 Å². The minimum absolute atomic E-state index is 0.257. The van der Waals surface area contributed by atoms with Crippen LogP contribution in [0.1, 0.15) is 23.2 Å². The van der Waals surface area contributed by atoms with Crippen molar-refractivity contribution in [1.29, 1.82) is 0 Å². The standard InChI is InChI=1S/C15H17N5O2/c1-22-13-5-4-11(8-16-13)14(21)19-12-9-17-15(18-10-12)20-6-2-3-7-20/h4-5,8-10H,2-3,6-7H2,1H3,(H,19,21). The summed E-state index contributed by atoms with van der Waals surface area (Å²) in [7, 11) is 1.53. The van der Waals surface area contributed by atoms with Gasteiger partial charge in [0.1, 0.15) is 0 Å². The number of rotatable bonds is 4. The Morgan fingerprint density at radius 1 is 1.14 bits per heavy atom. The minimum atomic E-state index is -0.257. The summed E-state index contributed by atoms with van der Waals surface area (Å²) >= 11 is 0. The van der Waals surface area contributed by atoms with Crippen molar-refractivity contribution in [2.45, 2.75) is 12.8 Å². The van der Waals surface area contributed by atoms with E-state index in [0.717, 1.165) is 13.1 Å². The van der Waals surface area contributed by atoms with Crippen molar-refractivity contribution < 1.29 is 9.53 Å². The summed E-state index contributed by atoms with van der Waals surface area (Å²) in [5.74, 6) is 0.920. The molecule has 0 aromatic carbocycles. The van der Waals surface area contributed by atoms with Crippen molar-refractivity contribution in [3.05, 3.63) is 36.3 Å². The van der Waals surface area contributed by atoms with E-state index in [-0.39, 0.29) is 5.91 Å². The van der Waals surface area contributed by atoms with E-state index in [4.69, 9.17) is 4.74 Å². The zero-order valence-corrected chi connectivity index (χ0v) is 12.3. The lowest BCUT2D eigenvalue weighted by atomic mass is 10.2. The maximum absolute atomic E-state index is 12.1. The normalized spacial score (nSPS) is 14.0. The lowest BCUT2D eigenvalue weighted by Gasteiger charge is -2.14. The van der Waals surface area contributed by atoms with Gasteiger partial charge in [-0.2, -0.15) is 0 Å². The number of carbonyl (C=O) groups excluding carboxylic acids is 1. The molecule has 0 aliphatic carbocycles. The number of methoxy groups -OCH3 is 1. The third kappa shape index (κ3) is 3.13. The minimum Gasteiger partial charge on any atom is -0.481 e. The summed E-state index contributed by atoms with van der Waals surface area (Å²) in [5, 5.41) is 2.75. The van der Waals surface area contributed by atoms with Crippen molar-refractivity contribution in [2.24, 2.45) is 0 Å². The quantitative estimate of drug-likeness (QED) is 0.926. The molecule has 0 bridgehead atoms. The van der Waals surface area contributed by atoms with Gasteiger partial charge in [0.15, 0.2) is 0 Å². The van der Waals surface area contributed by atoms with Crippen LogP contribution >= 0.6 is 0 Å². The van der Waals surface area contributed by atoms with Crippen LogP contribution in [0.15, 0.2) is 30.7 Å². The summed E-state index contributed by atoms with van der Waals surface area (Å²) in [6.45, 7) is 1.98. The average Bonchev–Trinajstić information content (AvgIpc) is 3.10. The molecule has 1 aliphatic heterocycles. The van der Waals surface area contributed by atoms with Crippen LogP contribution in [-0.4, -0.2) is 41.1 Å². The van der Waals surface area contributed by atoms with Crippen molar-refractivity contribution in [3.8, 4) is 5.88 Å². The number of anilines is 2. The molecule has 0 unspecified atom stereocenters. The highest BCUT2D eigenvalue weighted by Crippen LogP contribution is 2.16. The molecular weight excluding hydrogens is 282 g/mol. The molecule has 22 heavy (non-hydrogen) atoms. The van der Waals surface area contributed by atoms with Gasteiger partial charge in [0.05, 0.1) is 30.8 Å². The maximum Gasteiger partial charge on any atom is 0.257 e. The first-order chi connectivity index (χ1) is 10.8. The van der Waals surface area contributed by atoms with Gasteiger partial charge in [0.25, 0.3) is 5.91 Å². The van der Waals surface area contributed by atoms with Crippen molar-refractivity contribution >= 4 is 17.5 Å². The van der Waals surface area contributed by atoms with Gasteiger partial charge in [-0.05, 0) is 18.9 Å². The second kappa shape index (κ2) is 6.38. The van der Waals surface area contributed by atoms with Crippen LogP contribution in [0, 0.1) is 0 Å². The molecule has 1 fully saturated rings. The molecule has 7 nitrogen and oxygen atoms in total. The number of ether oxygens (including phenoxy) is 1. The smallest absolute Gasteiger partial charge is 0.257 e. The molecule has 0 saturated carbocycles. The number of pyridine rings is 1. The third-order valence-electron chi connectivity index (χ3n) is 3.49. The summed E-state index contributed by atoms with van der Waals surface area (Å²) < 4.78 is 4.96. The number of hydrogen-bond donors (Lipinski definition) is 1. The first kappa shape index (κ1) is 14.2. The van der Waals surface area contributed by atoms with Crippen LogP contribution in [0.4, 0.5) is 11.6 Å². The van der Waals surface area contributed by atoms with Crippen LogP contribution in [0.5, 0.6) is 5.88 Å². The van der Waals surface area contributed by atoms with Crippen LogP contribution in [0.2, 0.25) is 0 Å². The number of amides is 1. The zero-order chi connectivity index (χ0) is 15.4. The lowest BCUT2D eigenvalue weighted by molar-refractivity contribution is 0.102. The van der Waals surface area contributed by atoms with Gasteiger partial charge < -0.3 is 15.0 Å². The van der Waals surface area contributed by atoms with Gasteiger partial charge in [0.2, 0.25) is 11.8 Å². The van der Waals surface area contributed by atoms with E-state index >= 15 is 0 Å². The van der Waals surface area contributed by atoms with Crippen LogP contribution < -0.4 is 15.0 Å². The van der Waals surface area contributed by atoms with Crippen LogP contribution in [0.25, 0.3) is 0 Å². The summed E-state index contributed by atoms with van der Waals surface area (Å²) in [5.41, 5.74) is 1.01. The summed E-state index contributed by atoms with van der Waals surface area (Å²) in [6.07, 6.45) is 7.05. The predicted octanol–water partition coefficient (Wildman–Crippen LogP) is 1.73. The first-order valence-electron chi connectivity index (χ1n) is 7.14. The number of aromatic nitrogens is 3. The Labute approximate surface area is 128 Å². The number of nitrogens with one attached hydrogen (secondary N) is 1. The largest absolute Gasteiger partial charge is 0.481 e. The predicted molar refractivity (Wildman–Crippen MR) is 82.2 cm³/mol. The second-order valence-corrected chi connectivity index (χ2v) is 5.01. The molecule has 2 aromatic rings. The zero-order valence-electron chi connectivity index (χ0n) is 12.3. The molecule has 1 aliphatic rings. The molecule has 0 radical (unpaired) electrons. The molecule has 1 saturated heterocycles. The van der Waals surface area contributed by atoms with E-state index in [1.807, 2.05) is 0 Å². The fourth-order valence-electron chi connectivity index (χ4n) is 2.30. The molecule has 7 heteroatoms. The fraction of sp³-hybridized carbons (Fsp3) is 0.333. The van der Waals surface area contributed by atoms with E-state index in [2.05, 4.69) is 25.2 Å². The lowest BCUT2D eigenvalue weighted by Crippen LogP contribution is -2.20. The monoisotopic (exact) mass is 299 g/mol.